The molecule has 4 unspecified atom stereocenters. The Hall–Kier alpha value is -2.03. The molecule has 2 N–H and O–H groups in total. The Kier molecular flexibility index (Phi) is 4.96. The molecule has 31 heavy (non-hydrogen) atoms. The predicted molar refractivity (Wildman–Crippen MR) is 115 cm³/mol. The van der Waals surface area contributed by atoms with Crippen LogP contribution in [0.4, 0.5) is 5.82 Å². The van der Waals surface area contributed by atoms with Crippen LogP contribution < -0.4 is 15.8 Å². The smallest absolute Gasteiger partial charge is 0.197 e. The van der Waals surface area contributed by atoms with Crippen molar-refractivity contribution >= 4 is 5.82 Å². The molecule has 166 valence electrons. The van der Waals surface area contributed by atoms with Crippen LogP contribution in [-0.2, 0) is 17.7 Å². The van der Waals surface area contributed by atoms with Gasteiger partial charge >= 0.3 is 0 Å². The van der Waals surface area contributed by atoms with Crippen LogP contribution in [0.25, 0.3) is 0 Å². The van der Waals surface area contributed by atoms with Crippen molar-refractivity contribution in [1.82, 2.24) is 25.8 Å². The Morgan fingerprint density at radius 3 is 2.90 bits per heavy atom. The van der Waals surface area contributed by atoms with E-state index in [2.05, 4.69) is 45.6 Å². The van der Waals surface area contributed by atoms with Crippen LogP contribution in [0.1, 0.15) is 81.0 Å². The maximum absolute atomic E-state index is 6.15. The van der Waals surface area contributed by atoms with Gasteiger partial charge < -0.3 is 14.1 Å². The Morgan fingerprint density at radius 1 is 1.16 bits per heavy atom. The zero-order chi connectivity index (χ0) is 20.9. The van der Waals surface area contributed by atoms with E-state index >= 15 is 0 Å². The molecule has 2 aliphatic carbocycles. The van der Waals surface area contributed by atoms with Gasteiger partial charge in [-0.3, -0.25) is 5.43 Å². The van der Waals surface area contributed by atoms with Gasteiger partial charge in [0.2, 0.25) is 0 Å². The maximum atomic E-state index is 6.15. The van der Waals surface area contributed by atoms with Gasteiger partial charge in [0.1, 0.15) is 23.6 Å². The Labute approximate surface area is 183 Å². The van der Waals surface area contributed by atoms with E-state index in [-0.39, 0.29) is 12.1 Å². The van der Waals surface area contributed by atoms with Crippen molar-refractivity contribution in [2.24, 2.45) is 5.92 Å². The lowest BCUT2D eigenvalue weighted by molar-refractivity contribution is -0.0276. The third-order valence-electron chi connectivity index (χ3n) is 7.16. The summed E-state index contributed by atoms with van der Waals surface area (Å²) in [5.41, 5.74) is 9.16. The zero-order valence-electron chi connectivity index (χ0n) is 18.4. The van der Waals surface area contributed by atoms with Gasteiger partial charge in [0, 0.05) is 36.9 Å². The summed E-state index contributed by atoms with van der Waals surface area (Å²) in [5.74, 6) is 4.01. The molecule has 4 heterocycles. The molecule has 0 spiro atoms. The molecule has 2 aromatic heterocycles. The normalized spacial score (nSPS) is 30.5. The van der Waals surface area contributed by atoms with E-state index in [9.17, 15) is 0 Å². The van der Waals surface area contributed by atoms with Gasteiger partial charge in [-0.05, 0) is 46.0 Å². The van der Waals surface area contributed by atoms with Crippen molar-refractivity contribution in [1.29, 1.82) is 0 Å². The van der Waals surface area contributed by atoms with Crippen LogP contribution in [0.5, 0.6) is 0 Å². The first-order chi connectivity index (χ1) is 15.1. The number of fused-ring (bicyclic) bond motifs is 2. The average Bonchev–Trinajstić information content (AvgIpc) is 3.40. The molecule has 2 aliphatic heterocycles. The lowest BCUT2D eigenvalue weighted by Crippen LogP contribution is -2.38. The van der Waals surface area contributed by atoms with Gasteiger partial charge in [-0.15, -0.1) is 0 Å². The number of nitrogens with zero attached hydrogens (tertiary/aromatic N) is 4. The first kappa shape index (κ1) is 19.6. The van der Waals surface area contributed by atoms with E-state index in [1.165, 1.54) is 12.8 Å². The van der Waals surface area contributed by atoms with E-state index in [4.69, 9.17) is 14.1 Å². The molecule has 4 aliphatic rings. The van der Waals surface area contributed by atoms with Crippen molar-refractivity contribution in [3.8, 4) is 0 Å². The second-order valence-corrected chi connectivity index (χ2v) is 9.83. The predicted octanol–water partition coefficient (Wildman–Crippen LogP) is 3.02. The molecule has 4 atom stereocenters. The lowest BCUT2D eigenvalue weighted by atomic mass is 9.79. The highest BCUT2D eigenvalue weighted by Gasteiger charge is 2.42. The summed E-state index contributed by atoms with van der Waals surface area (Å²) in [5, 5.41) is 0. The first-order valence-electron chi connectivity index (χ1n) is 11.9. The summed E-state index contributed by atoms with van der Waals surface area (Å²) in [6.45, 7) is 5.90. The number of rotatable bonds is 5. The molecule has 2 aromatic rings. The van der Waals surface area contributed by atoms with Crippen LogP contribution in [-0.4, -0.2) is 39.7 Å². The van der Waals surface area contributed by atoms with Crippen LogP contribution in [0.2, 0.25) is 0 Å². The number of hydrogen-bond donors (Lipinski definition) is 2. The highest BCUT2D eigenvalue weighted by molar-refractivity contribution is 5.42. The summed E-state index contributed by atoms with van der Waals surface area (Å²) in [6.07, 6.45) is 8.94. The largest absolute Gasteiger partial charge is 0.445 e. The number of oxazole rings is 1. The zero-order valence-corrected chi connectivity index (χ0v) is 18.4. The second-order valence-electron chi connectivity index (χ2n) is 9.83. The molecule has 2 saturated carbocycles. The fraction of sp³-hybridized carbons (Fsp3) is 0.696. The van der Waals surface area contributed by atoms with E-state index in [0.29, 0.717) is 24.0 Å². The first-order valence-corrected chi connectivity index (χ1v) is 11.9. The molecule has 8 nitrogen and oxygen atoms in total. The van der Waals surface area contributed by atoms with E-state index in [0.717, 1.165) is 67.6 Å². The SMILES string of the molecule is CC(C)OC1CCC2NNC(c3cc(N4CCc5oc(C6CC6)nc5C4)ncn3)C2C1. The molecule has 0 amide bonds. The Balaban J connectivity index is 1.19. The number of nitrogens with one attached hydrogen (secondary N) is 2. The van der Waals surface area contributed by atoms with Crippen molar-refractivity contribution < 1.29 is 9.15 Å². The quantitative estimate of drug-likeness (QED) is 0.757. The Bertz CT molecular complexity index is 942. The third-order valence-corrected chi connectivity index (χ3v) is 7.16. The van der Waals surface area contributed by atoms with Gasteiger partial charge in [-0.1, -0.05) is 0 Å². The summed E-state index contributed by atoms with van der Waals surface area (Å²) in [4.78, 5) is 16.4. The van der Waals surface area contributed by atoms with Gasteiger partial charge in [0.05, 0.1) is 30.5 Å². The van der Waals surface area contributed by atoms with Crippen molar-refractivity contribution in [2.45, 2.75) is 89.1 Å². The fourth-order valence-electron chi connectivity index (χ4n) is 5.44. The minimum absolute atomic E-state index is 0.180. The molecule has 8 heteroatoms. The topological polar surface area (TPSA) is 88.3 Å². The maximum Gasteiger partial charge on any atom is 0.197 e. The lowest BCUT2D eigenvalue weighted by Gasteiger charge is -2.34. The highest BCUT2D eigenvalue weighted by Crippen LogP contribution is 2.41. The number of ether oxygens (including phenoxy) is 1. The van der Waals surface area contributed by atoms with Gasteiger partial charge in [0.25, 0.3) is 0 Å². The summed E-state index contributed by atoms with van der Waals surface area (Å²) >= 11 is 0. The van der Waals surface area contributed by atoms with Crippen LogP contribution in [0.15, 0.2) is 16.8 Å². The molecule has 0 aromatic carbocycles. The third kappa shape index (κ3) is 3.85. The van der Waals surface area contributed by atoms with Gasteiger partial charge in [-0.25, -0.2) is 20.4 Å². The summed E-state index contributed by atoms with van der Waals surface area (Å²) < 4.78 is 12.2. The van der Waals surface area contributed by atoms with Crippen LogP contribution in [0, 0.1) is 5.92 Å². The van der Waals surface area contributed by atoms with Crippen LogP contribution in [0.3, 0.4) is 0 Å². The Morgan fingerprint density at radius 2 is 2.06 bits per heavy atom. The standard InChI is InChI=1S/C23H32N6O2/c1-13(2)30-15-5-6-17-16(9-15)22(28-27-17)18-10-21(25-12-24-18)29-8-7-20-19(11-29)26-23(31-20)14-3-4-14/h10,12-17,22,27-28H,3-9,11H2,1-2H3. The van der Waals surface area contributed by atoms with Crippen molar-refractivity contribution in [3.05, 3.63) is 35.4 Å². The summed E-state index contributed by atoms with van der Waals surface area (Å²) in [6, 6.07) is 2.81. The molecule has 0 bridgehead atoms. The average molecular weight is 425 g/mol. The van der Waals surface area contributed by atoms with Crippen molar-refractivity contribution in [2.75, 3.05) is 11.4 Å². The monoisotopic (exact) mass is 424 g/mol. The minimum atomic E-state index is 0.180. The minimum Gasteiger partial charge on any atom is -0.445 e. The number of aromatic nitrogens is 3. The van der Waals surface area contributed by atoms with E-state index in [1.54, 1.807) is 6.33 Å². The number of hydrazine groups is 1. The van der Waals surface area contributed by atoms with E-state index < -0.39 is 0 Å². The molecule has 3 fully saturated rings. The van der Waals surface area contributed by atoms with Crippen LogP contribution >= 0.6 is 0 Å². The van der Waals surface area contributed by atoms with E-state index in [1.807, 2.05) is 0 Å². The number of hydrogen-bond acceptors (Lipinski definition) is 8. The highest BCUT2D eigenvalue weighted by atomic mass is 16.5. The number of anilines is 1. The fourth-order valence-corrected chi connectivity index (χ4v) is 5.44. The van der Waals surface area contributed by atoms with Gasteiger partial charge in [0.15, 0.2) is 5.89 Å². The molecule has 1 saturated heterocycles. The second kappa shape index (κ2) is 7.83. The molecular formula is C23H32N6O2. The summed E-state index contributed by atoms with van der Waals surface area (Å²) in [7, 11) is 0. The van der Waals surface area contributed by atoms with Gasteiger partial charge in [-0.2, -0.15) is 0 Å². The molecule has 0 radical (unpaired) electrons. The van der Waals surface area contributed by atoms with Crippen molar-refractivity contribution in [3.63, 3.8) is 0 Å². The molecular weight excluding hydrogens is 392 g/mol. The molecule has 6 rings (SSSR count).